The Kier molecular flexibility index (Phi) is 7.29. The molecule has 0 saturated heterocycles. The predicted molar refractivity (Wildman–Crippen MR) is 106 cm³/mol. The van der Waals surface area contributed by atoms with Crippen molar-refractivity contribution in [3.8, 4) is 11.5 Å². The molecule has 0 spiro atoms. The number of aryl methyl sites for hydroxylation is 1. The van der Waals surface area contributed by atoms with E-state index >= 15 is 0 Å². The molecule has 0 saturated carbocycles. The molecule has 0 unspecified atom stereocenters. The van der Waals surface area contributed by atoms with Gasteiger partial charge >= 0.3 is 0 Å². The average Bonchev–Trinajstić information content (AvgIpc) is 2.87. The summed E-state index contributed by atoms with van der Waals surface area (Å²) in [5.74, 6) is 3.15. The van der Waals surface area contributed by atoms with Gasteiger partial charge in [-0.1, -0.05) is 6.07 Å². The van der Waals surface area contributed by atoms with Gasteiger partial charge in [0.25, 0.3) is 0 Å². The van der Waals surface area contributed by atoms with Gasteiger partial charge in [-0.05, 0) is 17.7 Å². The van der Waals surface area contributed by atoms with Crippen LogP contribution < -0.4 is 20.1 Å². The van der Waals surface area contributed by atoms with E-state index in [1.165, 1.54) is 6.33 Å². The number of halogens is 1. The van der Waals surface area contributed by atoms with Crippen molar-refractivity contribution < 1.29 is 9.47 Å². The van der Waals surface area contributed by atoms with Crippen molar-refractivity contribution in [3.05, 3.63) is 35.9 Å². The fraction of sp³-hybridized carbons (Fsp3) is 0.438. The van der Waals surface area contributed by atoms with Gasteiger partial charge in [0.05, 0.1) is 19.8 Å². The molecule has 1 aliphatic rings. The normalized spacial score (nSPS) is 13.6. The summed E-state index contributed by atoms with van der Waals surface area (Å²) >= 11 is 0. The monoisotopic (exact) mass is 458 g/mol. The highest BCUT2D eigenvalue weighted by atomic mass is 127. The van der Waals surface area contributed by atoms with Crippen molar-refractivity contribution in [1.82, 2.24) is 25.4 Å². The van der Waals surface area contributed by atoms with Crippen LogP contribution in [0.4, 0.5) is 0 Å². The molecule has 1 aromatic heterocycles. The maximum Gasteiger partial charge on any atom is 0.191 e. The molecule has 0 atom stereocenters. The first kappa shape index (κ1) is 19.3. The molecule has 2 N–H and O–H groups in total. The van der Waals surface area contributed by atoms with Crippen molar-refractivity contribution in [3.63, 3.8) is 0 Å². The molecule has 2 heterocycles. The van der Waals surface area contributed by atoms with Crippen molar-refractivity contribution in [2.24, 2.45) is 12.0 Å². The minimum Gasteiger partial charge on any atom is -0.490 e. The topological polar surface area (TPSA) is 85.6 Å². The maximum atomic E-state index is 5.72. The Bertz CT molecular complexity index is 718. The fourth-order valence-corrected chi connectivity index (χ4v) is 2.37. The first-order chi connectivity index (χ1) is 11.8. The molecule has 0 bridgehead atoms. The smallest absolute Gasteiger partial charge is 0.191 e. The van der Waals surface area contributed by atoms with E-state index in [1.807, 2.05) is 25.2 Å². The second kappa shape index (κ2) is 9.44. The van der Waals surface area contributed by atoms with E-state index < -0.39 is 0 Å². The Hall–Kier alpha value is -2.04. The quantitative estimate of drug-likeness (QED) is 0.410. The van der Waals surface area contributed by atoms with Crippen molar-refractivity contribution >= 4 is 29.9 Å². The van der Waals surface area contributed by atoms with Crippen molar-refractivity contribution in [1.29, 1.82) is 0 Å². The van der Waals surface area contributed by atoms with Crippen LogP contribution in [-0.4, -0.2) is 41.0 Å². The standard InChI is InChI=1S/C16H22N6O2.HI/c1-17-16(19-10-15-20-11-21-22(15)2)18-9-12-4-5-13-14(8-12)24-7-3-6-23-13;/h4-5,8,11H,3,6-7,9-10H2,1-2H3,(H2,17,18,19);1H. The van der Waals surface area contributed by atoms with Crippen LogP contribution in [0.1, 0.15) is 17.8 Å². The van der Waals surface area contributed by atoms with E-state index in [0.717, 1.165) is 29.3 Å². The molecule has 1 aliphatic heterocycles. The first-order valence-electron chi connectivity index (χ1n) is 7.92. The molecule has 0 radical (unpaired) electrons. The van der Waals surface area contributed by atoms with Gasteiger partial charge in [0.15, 0.2) is 17.5 Å². The summed E-state index contributed by atoms with van der Waals surface area (Å²) in [6.07, 6.45) is 2.44. The molecule has 25 heavy (non-hydrogen) atoms. The van der Waals surface area contributed by atoms with Gasteiger partial charge < -0.3 is 20.1 Å². The molecule has 8 nitrogen and oxygen atoms in total. The van der Waals surface area contributed by atoms with E-state index in [-0.39, 0.29) is 24.0 Å². The van der Waals surface area contributed by atoms with Crippen LogP contribution in [0, 0.1) is 0 Å². The lowest BCUT2D eigenvalue weighted by molar-refractivity contribution is 0.297. The fourth-order valence-electron chi connectivity index (χ4n) is 2.37. The SMILES string of the molecule is CN=C(NCc1ccc2c(c1)OCCCO2)NCc1ncnn1C.I. The van der Waals surface area contributed by atoms with Gasteiger partial charge in [-0.25, -0.2) is 4.98 Å². The lowest BCUT2D eigenvalue weighted by Crippen LogP contribution is -2.36. The van der Waals surface area contributed by atoms with Crippen LogP contribution in [-0.2, 0) is 20.1 Å². The highest BCUT2D eigenvalue weighted by molar-refractivity contribution is 14.0. The number of hydrogen-bond acceptors (Lipinski definition) is 5. The zero-order valence-corrected chi connectivity index (χ0v) is 16.7. The number of hydrogen-bond donors (Lipinski definition) is 2. The third-order valence-corrected chi connectivity index (χ3v) is 3.71. The largest absolute Gasteiger partial charge is 0.490 e. The van der Waals surface area contributed by atoms with Crippen LogP contribution in [0.5, 0.6) is 11.5 Å². The minimum atomic E-state index is 0. The molecule has 136 valence electrons. The zero-order valence-electron chi connectivity index (χ0n) is 14.4. The van der Waals surface area contributed by atoms with Gasteiger partial charge in [0.2, 0.25) is 0 Å². The number of rotatable bonds is 4. The third-order valence-electron chi connectivity index (χ3n) is 3.71. The summed E-state index contributed by atoms with van der Waals surface area (Å²) in [4.78, 5) is 8.39. The number of ether oxygens (including phenoxy) is 2. The molecule has 3 rings (SSSR count). The Labute approximate surface area is 164 Å². The van der Waals surface area contributed by atoms with Crippen LogP contribution in [0.3, 0.4) is 0 Å². The highest BCUT2D eigenvalue weighted by Crippen LogP contribution is 2.30. The molecule has 0 aliphatic carbocycles. The molecular formula is C16H23IN6O2. The summed E-state index contributed by atoms with van der Waals surface area (Å²) < 4.78 is 13.1. The average molecular weight is 458 g/mol. The first-order valence-corrected chi connectivity index (χ1v) is 7.92. The summed E-state index contributed by atoms with van der Waals surface area (Å²) in [5, 5.41) is 10.5. The Balaban J connectivity index is 0.00000225. The summed E-state index contributed by atoms with van der Waals surface area (Å²) in [6, 6.07) is 5.98. The van der Waals surface area contributed by atoms with E-state index in [2.05, 4.69) is 25.7 Å². The van der Waals surface area contributed by atoms with Crippen LogP contribution in [0.25, 0.3) is 0 Å². The van der Waals surface area contributed by atoms with Gasteiger partial charge in [0, 0.05) is 27.1 Å². The third kappa shape index (κ3) is 5.21. The van der Waals surface area contributed by atoms with Gasteiger partial charge in [0.1, 0.15) is 12.2 Å². The number of fused-ring (bicyclic) bond motifs is 1. The molecule has 0 fully saturated rings. The molecule has 0 amide bonds. The molecule has 1 aromatic carbocycles. The number of nitrogens with zero attached hydrogens (tertiary/aromatic N) is 4. The molecule has 2 aromatic rings. The Morgan fingerprint density at radius 2 is 1.96 bits per heavy atom. The lowest BCUT2D eigenvalue weighted by Gasteiger charge is -2.13. The predicted octanol–water partition coefficient (Wildman–Crippen LogP) is 1.46. The summed E-state index contributed by atoms with van der Waals surface area (Å²) in [6.45, 7) is 2.57. The molecule has 9 heteroatoms. The van der Waals surface area contributed by atoms with Crippen LogP contribution in [0.2, 0.25) is 0 Å². The number of guanidine groups is 1. The lowest BCUT2D eigenvalue weighted by atomic mass is 10.2. The van der Waals surface area contributed by atoms with Gasteiger partial charge in [-0.15, -0.1) is 24.0 Å². The van der Waals surface area contributed by atoms with E-state index in [0.29, 0.717) is 32.3 Å². The van der Waals surface area contributed by atoms with Crippen LogP contribution >= 0.6 is 24.0 Å². The number of aliphatic imine (C=N–C) groups is 1. The number of aromatic nitrogens is 3. The Morgan fingerprint density at radius 3 is 2.68 bits per heavy atom. The zero-order chi connectivity index (χ0) is 16.8. The molecular weight excluding hydrogens is 435 g/mol. The summed E-state index contributed by atoms with van der Waals surface area (Å²) in [5.41, 5.74) is 1.10. The minimum absolute atomic E-state index is 0. The second-order valence-corrected chi connectivity index (χ2v) is 5.41. The number of nitrogens with one attached hydrogen (secondary N) is 2. The summed E-state index contributed by atoms with van der Waals surface area (Å²) in [7, 11) is 3.60. The second-order valence-electron chi connectivity index (χ2n) is 5.41. The van der Waals surface area contributed by atoms with Crippen LogP contribution in [0.15, 0.2) is 29.5 Å². The van der Waals surface area contributed by atoms with Gasteiger partial charge in [-0.2, -0.15) is 5.10 Å². The maximum absolute atomic E-state index is 5.72. The number of benzene rings is 1. The van der Waals surface area contributed by atoms with E-state index in [4.69, 9.17) is 9.47 Å². The highest BCUT2D eigenvalue weighted by Gasteiger charge is 2.11. The van der Waals surface area contributed by atoms with Gasteiger partial charge in [-0.3, -0.25) is 9.67 Å². The van der Waals surface area contributed by atoms with Crippen molar-refractivity contribution in [2.75, 3.05) is 20.3 Å². The van der Waals surface area contributed by atoms with E-state index in [9.17, 15) is 0 Å². The van der Waals surface area contributed by atoms with Crippen molar-refractivity contribution in [2.45, 2.75) is 19.5 Å². The van der Waals surface area contributed by atoms with E-state index in [1.54, 1.807) is 11.7 Å². The Morgan fingerprint density at radius 1 is 1.20 bits per heavy atom.